The van der Waals surface area contributed by atoms with Gasteiger partial charge in [0.15, 0.2) is 5.82 Å². The number of hydrogen-bond donors (Lipinski definition) is 1. The zero-order valence-electron chi connectivity index (χ0n) is 13.9. The molecule has 0 fully saturated rings. The fraction of sp³-hybridized carbons (Fsp3) is 0.294. The lowest BCUT2D eigenvalue weighted by molar-refractivity contribution is 0.408. The van der Waals surface area contributed by atoms with Crippen molar-refractivity contribution in [1.29, 1.82) is 0 Å². The van der Waals surface area contributed by atoms with Crippen molar-refractivity contribution < 1.29 is 9.13 Å². The molecule has 1 aliphatic heterocycles. The number of fused-ring (bicyclic) bond motifs is 1. The third-order valence-electron chi connectivity index (χ3n) is 4.42. The summed E-state index contributed by atoms with van der Waals surface area (Å²) in [6, 6.07) is 4.83. The lowest BCUT2D eigenvalue weighted by atomic mass is 9.99. The molecular formula is C17H17FN6O. The van der Waals surface area contributed by atoms with E-state index in [0.717, 1.165) is 23.4 Å². The zero-order valence-corrected chi connectivity index (χ0v) is 13.9. The number of H-pyrrole nitrogens is 1. The van der Waals surface area contributed by atoms with Gasteiger partial charge in [0.1, 0.15) is 17.3 Å². The van der Waals surface area contributed by atoms with E-state index < -0.39 is 5.95 Å². The summed E-state index contributed by atoms with van der Waals surface area (Å²) >= 11 is 0. The first-order valence-electron chi connectivity index (χ1n) is 8.00. The zero-order chi connectivity index (χ0) is 17.4. The van der Waals surface area contributed by atoms with Gasteiger partial charge in [0.2, 0.25) is 5.95 Å². The largest absolute Gasteiger partial charge is 0.496 e. The van der Waals surface area contributed by atoms with Gasteiger partial charge < -0.3 is 9.64 Å². The summed E-state index contributed by atoms with van der Waals surface area (Å²) in [6.45, 7) is 2.72. The Morgan fingerprint density at radius 1 is 1.32 bits per heavy atom. The molecule has 0 amide bonds. The van der Waals surface area contributed by atoms with E-state index in [1.54, 1.807) is 12.3 Å². The summed E-state index contributed by atoms with van der Waals surface area (Å²) < 4.78 is 18.9. The highest BCUT2D eigenvalue weighted by Crippen LogP contribution is 2.33. The normalized spacial score (nSPS) is 16.6. The minimum Gasteiger partial charge on any atom is -0.496 e. The van der Waals surface area contributed by atoms with Crippen LogP contribution in [0, 0.1) is 5.95 Å². The highest BCUT2D eigenvalue weighted by atomic mass is 19.1. The molecule has 0 aromatic carbocycles. The third kappa shape index (κ3) is 2.79. The van der Waals surface area contributed by atoms with Crippen LogP contribution in [0.4, 0.5) is 10.2 Å². The molecule has 1 unspecified atom stereocenters. The molecule has 4 heterocycles. The number of nitrogens with zero attached hydrogens (tertiary/aromatic N) is 5. The molecule has 0 aliphatic carbocycles. The number of hydrogen-bond acceptors (Lipinski definition) is 6. The van der Waals surface area contributed by atoms with Crippen LogP contribution >= 0.6 is 0 Å². The fourth-order valence-corrected chi connectivity index (χ4v) is 3.11. The maximum absolute atomic E-state index is 13.8. The summed E-state index contributed by atoms with van der Waals surface area (Å²) in [6.07, 6.45) is 4.28. The van der Waals surface area contributed by atoms with Crippen molar-refractivity contribution >= 4 is 5.82 Å². The molecular weight excluding hydrogens is 323 g/mol. The Morgan fingerprint density at radius 2 is 2.20 bits per heavy atom. The van der Waals surface area contributed by atoms with Gasteiger partial charge in [-0.15, -0.1) is 0 Å². The number of aromatic nitrogens is 5. The smallest absolute Gasteiger partial charge is 0.218 e. The first-order valence-corrected chi connectivity index (χ1v) is 8.00. The Kier molecular flexibility index (Phi) is 3.79. The van der Waals surface area contributed by atoms with Crippen LogP contribution in [0.5, 0.6) is 5.75 Å². The summed E-state index contributed by atoms with van der Waals surface area (Å²) in [5, 5.41) is 6.89. The van der Waals surface area contributed by atoms with Crippen molar-refractivity contribution in [3.05, 3.63) is 47.8 Å². The molecule has 25 heavy (non-hydrogen) atoms. The molecule has 3 aromatic heterocycles. The predicted octanol–water partition coefficient (Wildman–Crippen LogP) is 2.53. The molecule has 1 aliphatic rings. The van der Waals surface area contributed by atoms with Gasteiger partial charge in [-0.1, -0.05) is 0 Å². The average Bonchev–Trinajstić information content (AvgIpc) is 3.16. The average molecular weight is 340 g/mol. The first-order chi connectivity index (χ1) is 12.2. The number of methoxy groups -OCH3 is 1. The Hall–Kier alpha value is -3.03. The van der Waals surface area contributed by atoms with Gasteiger partial charge in [-0.25, -0.2) is 15.0 Å². The molecule has 1 atom stereocenters. The van der Waals surface area contributed by atoms with Gasteiger partial charge >= 0.3 is 0 Å². The molecule has 1 N–H and O–H groups in total. The molecule has 0 bridgehead atoms. The highest BCUT2D eigenvalue weighted by molar-refractivity contribution is 5.52. The molecule has 0 radical (unpaired) electrons. The number of ether oxygens (including phenoxy) is 1. The minimum atomic E-state index is -0.558. The topological polar surface area (TPSA) is 79.8 Å². The van der Waals surface area contributed by atoms with E-state index in [0.29, 0.717) is 23.9 Å². The third-order valence-corrected chi connectivity index (χ3v) is 4.42. The number of anilines is 1. The number of rotatable bonds is 3. The first kappa shape index (κ1) is 15.5. The van der Waals surface area contributed by atoms with Crippen molar-refractivity contribution in [1.82, 2.24) is 25.1 Å². The predicted molar refractivity (Wildman–Crippen MR) is 89.8 cm³/mol. The van der Waals surface area contributed by atoms with Gasteiger partial charge in [-0.05, 0) is 13.0 Å². The molecule has 7 nitrogen and oxygen atoms in total. The highest BCUT2D eigenvalue weighted by Gasteiger charge is 2.27. The number of nitrogens with one attached hydrogen (secondary N) is 1. The summed E-state index contributed by atoms with van der Waals surface area (Å²) in [5.41, 5.74) is 2.71. The second-order valence-electron chi connectivity index (χ2n) is 5.86. The minimum absolute atomic E-state index is 0.0176. The SMILES string of the molecule is COc1cc(F)nc(N2CCc3nc(-c4cc[nH]n4)ncc3C2C)c1. The summed E-state index contributed by atoms with van der Waals surface area (Å²) in [4.78, 5) is 15.1. The van der Waals surface area contributed by atoms with Gasteiger partial charge in [0.05, 0.1) is 18.8 Å². The standard InChI is InChI=1S/C17H17FN6O/c1-10-12-9-19-17(14-3-5-20-23-14)21-13(12)4-6-24(10)16-8-11(25-2)7-15(18)22-16/h3,5,7-10H,4,6H2,1-2H3,(H,20,23). The van der Waals surface area contributed by atoms with Gasteiger partial charge in [0, 0.05) is 43.1 Å². The Labute approximate surface area is 143 Å². The Bertz CT molecular complexity index is 898. The van der Waals surface area contributed by atoms with Crippen molar-refractivity contribution in [2.24, 2.45) is 0 Å². The van der Waals surface area contributed by atoms with Crippen LogP contribution < -0.4 is 9.64 Å². The van der Waals surface area contributed by atoms with Crippen LogP contribution in [0.2, 0.25) is 0 Å². The van der Waals surface area contributed by atoms with E-state index in [9.17, 15) is 4.39 Å². The Morgan fingerprint density at radius 3 is 2.96 bits per heavy atom. The van der Waals surface area contributed by atoms with E-state index >= 15 is 0 Å². The van der Waals surface area contributed by atoms with Gasteiger partial charge in [-0.3, -0.25) is 5.10 Å². The maximum Gasteiger partial charge on any atom is 0.218 e. The molecule has 0 saturated carbocycles. The molecule has 4 rings (SSSR count). The van der Waals surface area contributed by atoms with Crippen LogP contribution in [0.25, 0.3) is 11.5 Å². The van der Waals surface area contributed by atoms with Crippen LogP contribution in [-0.2, 0) is 6.42 Å². The van der Waals surface area contributed by atoms with Crippen LogP contribution in [0.3, 0.4) is 0 Å². The lowest BCUT2D eigenvalue weighted by Gasteiger charge is -2.35. The second kappa shape index (κ2) is 6.12. The van der Waals surface area contributed by atoms with E-state index in [1.807, 2.05) is 24.1 Å². The molecule has 8 heteroatoms. The molecule has 0 spiro atoms. The van der Waals surface area contributed by atoms with Crippen molar-refractivity contribution in [3.63, 3.8) is 0 Å². The van der Waals surface area contributed by atoms with E-state index in [1.165, 1.54) is 13.2 Å². The van der Waals surface area contributed by atoms with Crippen LogP contribution in [0.15, 0.2) is 30.6 Å². The quantitative estimate of drug-likeness (QED) is 0.738. The van der Waals surface area contributed by atoms with Crippen LogP contribution in [0.1, 0.15) is 24.2 Å². The Balaban J connectivity index is 1.67. The second-order valence-corrected chi connectivity index (χ2v) is 5.86. The van der Waals surface area contributed by atoms with E-state index in [4.69, 9.17) is 4.74 Å². The van der Waals surface area contributed by atoms with Gasteiger partial charge in [0.25, 0.3) is 0 Å². The molecule has 3 aromatic rings. The molecule has 128 valence electrons. The van der Waals surface area contributed by atoms with Crippen molar-refractivity contribution in [2.45, 2.75) is 19.4 Å². The summed E-state index contributed by atoms with van der Waals surface area (Å²) in [7, 11) is 1.51. The van der Waals surface area contributed by atoms with E-state index in [2.05, 4.69) is 25.1 Å². The molecule has 0 saturated heterocycles. The fourth-order valence-electron chi connectivity index (χ4n) is 3.11. The monoisotopic (exact) mass is 340 g/mol. The lowest BCUT2D eigenvalue weighted by Crippen LogP contribution is -2.35. The van der Waals surface area contributed by atoms with Crippen molar-refractivity contribution in [3.8, 4) is 17.3 Å². The van der Waals surface area contributed by atoms with Crippen molar-refractivity contribution in [2.75, 3.05) is 18.6 Å². The number of halogens is 1. The number of pyridine rings is 1. The summed E-state index contributed by atoms with van der Waals surface area (Å²) in [5.74, 6) is 1.04. The number of aromatic amines is 1. The van der Waals surface area contributed by atoms with Crippen LogP contribution in [-0.4, -0.2) is 38.8 Å². The maximum atomic E-state index is 13.8. The van der Waals surface area contributed by atoms with Gasteiger partial charge in [-0.2, -0.15) is 9.49 Å². The van der Waals surface area contributed by atoms with E-state index in [-0.39, 0.29) is 6.04 Å².